The van der Waals surface area contributed by atoms with Gasteiger partial charge < -0.3 is 5.32 Å². The molecule has 116 valence electrons. The van der Waals surface area contributed by atoms with E-state index in [4.69, 9.17) is 0 Å². The van der Waals surface area contributed by atoms with Gasteiger partial charge in [0.15, 0.2) is 4.34 Å². The van der Waals surface area contributed by atoms with E-state index in [9.17, 15) is 4.79 Å². The van der Waals surface area contributed by atoms with Crippen molar-refractivity contribution in [2.24, 2.45) is 17.8 Å². The number of carbonyl (C=O) groups excluding carboxylic acids is 1. The number of amides is 1. The van der Waals surface area contributed by atoms with Crippen molar-refractivity contribution >= 4 is 44.9 Å². The molecule has 3 atom stereocenters. The zero-order valence-electron chi connectivity index (χ0n) is 12.7. The number of nitrogens with zero attached hydrogens (tertiary/aromatic N) is 1. The fourth-order valence-corrected chi connectivity index (χ4v) is 5.67. The molecule has 2 fully saturated rings. The Balaban J connectivity index is 1.42. The molecule has 1 amide bonds. The lowest BCUT2D eigenvalue weighted by Crippen LogP contribution is -2.20. The van der Waals surface area contributed by atoms with Gasteiger partial charge >= 0.3 is 0 Å². The number of rotatable bonds is 4. The highest BCUT2D eigenvalue weighted by Crippen LogP contribution is 2.49. The van der Waals surface area contributed by atoms with Gasteiger partial charge in [0.1, 0.15) is 0 Å². The first-order valence-electron chi connectivity index (χ1n) is 7.95. The second-order valence-corrected chi connectivity index (χ2v) is 8.64. The van der Waals surface area contributed by atoms with Crippen LogP contribution in [0, 0.1) is 17.8 Å². The third-order valence-corrected chi connectivity index (χ3v) is 7.16. The fraction of sp³-hybridized carbons (Fsp3) is 0.529. The van der Waals surface area contributed by atoms with E-state index in [1.165, 1.54) is 25.7 Å². The number of thioether (sulfide) groups is 1. The summed E-state index contributed by atoms with van der Waals surface area (Å²) in [7, 11) is 0. The molecule has 2 bridgehead atoms. The molecule has 0 unspecified atom stereocenters. The van der Waals surface area contributed by atoms with Crippen LogP contribution in [0.2, 0.25) is 0 Å². The standard InChI is InChI=1S/C17H20N2OS2/c1-21-17-19-14-5-4-13(9-15(14)22-17)18-16(20)8-12-7-10-2-3-11(12)6-10/h4-5,9-12H,2-3,6-8H2,1H3,(H,18,20)/t10-,11-,12+/m1/s1. The Morgan fingerprint density at radius 1 is 1.41 bits per heavy atom. The number of anilines is 1. The molecule has 3 nitrogen and oxygen atoms in total. The van der Waals surface area contributed by atoms with Gasteiger partial charge in [0, 0.05) is 12.1 Å². The van der Waals surface area contributed by atoms with Crippen LogP contribution in [0.25, 0.3) is 10.2 Å². The van der Waals surface area contributed by atoms with Gasteiger partial charge in [0.05, 0.1) is 10.2 Å². The minimum atomic E-state index is 0.173. The first kappa shape index (κ1) is 14.5. The Labute approximate surface area is 138 Å². The van der Waals surface area contributed by atoms with Gasteiger partial charge in [-0.15, -0.1) is 11.3 Å². The van der Waals surface area contributed by atoms with E-state index < -0.39 is 0 Å². The molecule has 22 heavy (non-hydrogen) atoms. The zero-order chi connectivity index (χ0) is 15.1. The van der Waals surface area contributed by atoms with Crippen LogP contribution in [0.4, 0.5) is 5.69 Å². The van der Waals surface area contributed by atoms with Crippen molar-refractivity contribution in [3.05, 3.63) is 18.2 Å². The normalized spacial score (nSPS) is 26.7. The van der Waals surface area contributed by atoms with Gasteiger partial charge in [-0.1, -0.05) is 18.2 Å². The average Bonchev–Trinajstić information content (AvgIpc) is 3.20. The minimum Gasteiger partial charge on any atom is -0.326 e. The summed E-state index contributed by atoms with van der Waals surface area (Å²) in [5.74, 6) is 2.51. The first-order valence-corrected chi connectivity index (χ1v) is 10.00. The summed E-state index contributed by atoms with van der Waals surface area (Å²) >= 11 is 3.34. The molecule has 0 aliphatic heterocycles. The quantitative estimate of drug-likeness (QED) is 0.819. The Morgan fingerprint density at radius 2 is 2.32 bits per heavy atom. The summed E-state index contributed by atoms with van der Waals surface area (Å²) in [4.78, 5) is 16.8. The van der Waals surface area contributed by atoms with E-state index >= 15 is 0 Å². The molecule has 4 rings (SSSR count). The van der Waals surface area contributed by atoms with Crippen molar-refractivity contribution in [2.45, 2.75) is 36.4 Å². The predicted molar refractivity (Wildman–Crippen MR) is 93.6 cm³/mol. The van der Waals surface area contributed by atoms with Crippen LogP contribution in [0.3, 0.4) is 0 Å². The number of thiazole rings is 1. The van der Waals surface area contributed by atoms with Gasteiger partial charge in [-0.3, -0.25) is 4.79 Å². The lowest BCUT2D eigenvalue weighted by atomic mass is 9.86. The van der Waals surface area contributed by atoms with Gasteiger partial charge in [0.2, 0.25) is 5.91 Å². The third-order valence-electron chi connectivity index (χ3n) is 5.16. The Kier molecular flexibility index (Phi) is 3.86. The van der Waals surface area contributed by atoms with Crippen LogP contribution in [-0.4, -0.2) is 17.1 Å². The van der Waals surface area contributed by atoms with E-state index in [1.54, 1.807) is 23.1 Å². The largest absolute Gasteiger partial charge is 0.326 e. The van der Waals surface area contributed by atoms with Gasteiger partial charge in [-0.25, -0.2) is 4.98 Å². The summed E-state index contributed by atoms with van der Waals surface area (Å²) in [6.45, 7) is 0. The molecule has 1 aromatic carbocycles. The van der Waals surface area contributed by atoms with Crippen molar-refractivity contribution < 1.29 is 4.79 Å². The second-order valence-electron chi connectivity index (χ2n) is 6.55. The molecule has 0 saturated heterocycles. The van der Waals surface area contributed by atoms with Crippen LogP contribution < -0.4 is 5.32 Å². The predicted octanol–water partition coefficient (Wildman–Crippen LogP) is 4.78. The molecule has 0 spiro atoms. The number of hydrogen-bond acceptors (Lipinski definition) is 4. The lowest BCUT2D eigenvalue weighted by Gasteiger charge is -2.20. The van der Waals surface area contributed by atoms with Crippen molar-refractivity contribution in [3.8, 4) is 0 Å². The Hall–Kier alpha value is -1.07. The van der Waals surface area contributed by atoms with E-state index in [1.807, 2.05) is 24.5 Å². The maximum Gasteiger partial charge on any atom is 0.224 e. The summed E-state index contributed by atoms with van der Waals surface area (Å²) in [6.07, 6.45) is 8.09. The van der Waals surface area contributed by atoms with E-state index in [-0.39, 0.29) is 5.91 Å². The lowest BCUT2D eigenvalue weighted by molar-refractivity contribution is -0.117. The summed E-state index contributed by atoms with van der Waals surface area (Å²) in [5.41, 5.74) is 1.91. The molecule has 2 aliphatic carbocycles. The highest BCUT2D eigenvalue weighted by Gasteiger charge is 2.40. The number of nitrogens with one attached hydrogen (secondary N) is 1. The molecule has 2 aromatic rings. The van der Waals surface area contributed by atoms with Gasteiger partial charge in [-0.05, 0) is 61.5 Å². The van der Waals surface area contributed by atoms with Gasteiger partial charge in [0.25, 0.3) is 0 Å². The molecule has 1 aromatic heterocycles. The summed E-state index contributed by atoms with van der Waals surface area (Å²) < 4.78 is 2.21. The Bertz CT molecular complexity index is 712. The van der Waals surface area contributed by atoms with Crippen LogP contribution in [0.5, 0.6) is 0 Å². The molecular weight excluding hydrogens is 312 g/mol. The molecule has 0 radical (unpaired) electrons. The molecule has 1 N–H and O–H groups in total. The Morgan fingerprint density at radius 3 is 3.05 bits per heavy atom. The van der Waals surface area contributed by atoms with E-state index in [0.717, 1.165) is 32.1 Å². The maximum atomic E-state index is 12.3. The fourth-order valence-electron chi connectivity index (χ4n) is 4.15. The number of benzene rings is 1. The molecule has 1 heterocycles. The average molecular weight is 332 g/mol. The molecule has 2 aliphatic rings. The van der Waals surface area contributed by atoms with Crippen molar-refractivity contribution in [1.29, 1.82) is 0 Å². The molecule has 5 heteroatoms. The van der Waals surface area contributed by atoms with Crippen molar-refractivity contribution in [3.63, 3.8) is 0 Å². The van der Waals surface area contributed by atoms with Crippen molar-refractivity contribution in [1.82, 2.24) is 4.98 Å². The van der Waals surface area contributed by atoms with Crippen LogP contribution in [0.15, 0.2) is 22.5 Å². The van der Waals surface area contributed by atoms with Gasteiger partial charge in [-0.2, -0.15) is 0 Å². The van der Waals surface area contributed by atoms with Crippen LogP contribution in [0.1, 0.15) is 32.1 Å². The number of hydrogen-bond donors (Lipinski definition) is 1. The smallest absolute Gasteiger partial charge is 0.224 e. The second kappa shape index (κ2) is 5.85. The minimum absolute atomic E-state index is 0.173. The number of fused-ring (bicyclic) bond motifs is 3. The highest BCUT2D eigenvalue weighted by atomic mass is 32.2. The van der Waals surface area contributed by atoms with Crippen LogP contribution in [-0.2, 0) is 4.79 Å². The molecule has 2 saturated carbocycles. The number of aromatic nitrogens is 1. The maximum absolute atomic E-state index is 12.3. The SMILES string of the molecule is CSc1nc2ccc(NC(=O)C[C@@H]3C[C@@H]4CC[C@@H]3C4)cc2s1. The third kappa shape index (κ3) is 2.76. The highest BCUT2D eigenvalue weighted by molar-refractivity contribution is 8.00. The zero-order valence-corrected chi connectivity index (χ0v) is 14.3. The topological polar surface area (TPSA) is 42.0 Å². The molecular formula is C17H20N2OS2. The van der Waals surface area contributed by atoms with Crippen LogP contribution >= 0.6 is 23.1 Å². The first-order chi connectivity index (χ1) is 10.7. The monoisotopic (exact) mass is 332 g/mol. The number of carbonyl (C=O) groups is 1. The van der Waals surface area contributed by atoms with E-state index in [0.29, 0.717) is 12.3 Å². The van der Waals surface area contributed by atoms with E-state index in [2.05, 4.69) is 10.3 Å². The van der Waals surface area contributed by atoms with Crippen molar-refractivity contribution in [2.75, 3.05) is 11.6 Å². The summed E-state index contributed by atoms with van der Waals surface area (Å²) in [6, 6.07) is 6.01. The summed E-state index contributed by atoms with van der Waals surface area (Å²) in [5, 5.41) is 3.08.